The Bertz CT molecular complexity index is 196. The minimum Gasteiger partial charge on any atom is -0.392 e. The van der Waals surface area contributed by atoms with E-state index in [4.69, 9.17) is 0 Å². The lowest BCUT2D eigenvalue weighted by molar-refractivity contribution is -0.00340. The minimum atomic E-state index is -0.454. The predicted molar refractivity (Wildman–Crippen MR) is 48.7 cm³/mol. The van der Waals surface area contributed by atoms with Gasteiger partial charge in [-0.1, -0.05) is 26.0 Å². The molecule has 0 bridgehead atoms. The molecule has 3 atom stereocenters. The highest BCUT2D eigenvalue weighted by Gasteiger charge is 2.47. The topological polar surface area (TPSA) is 40.5 Å². The van der Waals surface area contributed by atoms with Gasteiger partial charge in [-0.2, -0.15) is 0 Å². The molecule has 0 heterocycles. The Morgan fingerprint density at radius 2 is 1.92 bits per heavy atom. The van der Waals surface area contributed by atoms with E-state index < -0.39 is 12.2 Å². The van der Waals surface area contributed by atoms with E-state index in [1.54, 1.807) is 0 Å². The Hall–Kier alpha value is -0.340. The first-order valence-electron chi connectivity index (χ1n) is 4.39. The Balaban J connectivity index is 2.83. The first-order valence-corrected chi connectivity index (χ1v) is 4.39. The summed E-state index contributed by atoms with van der Waals surface area (Å²) in [5, 5.41) is 19.5. The summed E-state index contributed by atoms with van der Waals surface area (Å²) in [6.45, 7) is 9.51. The molecule has 2 nitrogen and oxygen atoms in total. The minimum absolute atomic E-state index is 0.0648. The lowest BCUT2D eigenvalue weighted by atomic mass is 9.84. The molecule has 1 aliphatic carbocycles. The van der Waals surface area contributed by atoms with Crippen LogP contribution in [0.15, 0.2) is 12.2 Å². The van der Waals surface area contributed by atoms with E-state index in [2.05, 4.69) is 6.58 Å². The van der Waals surface area contributed by atoms with Gasteiger partial charge in [0.05, 0.1) is 12.2 Å². The average Bonchev–Trinajstić information content (AvgIpc) is 2.13. The normalized spacial score (nSPS) is 39.9. The van der Waals surface area contributed by atoms with Crippen LogP contribution in [0.3, 0.4) is 0 Å². The zero-order valence-corrected chi connectivity index (χ0v) is 8.04. The van der Waals surface area contributed by atoms with Crippen LogP contribution in [0.1, 0.15) is 27.2 Å². The molecule has 0 radical (unpaired) electrons. The van der Waals surface area contributed by atoms with Crippen LogP contribution in [-0.4, -0.2) is 22.4 Å². The fourth-order valence-corrected chi connectivity index (χ4v) is 1.86. The quantitative estimate of drug-likeness (QED) is 0.583. The van der Waals surface area contributed by atoms with Crippen molar-refractivity contribution in [3.8, 4) is 0 Å². The summed E-state index contributed by atoms with van der Waals surface area (Å²) < 4.78 is 0. The highest BCUT2D eigenvalue weighted by Crippen LogP contribution is 2.43. The maximum Gasteiger partial charge on any atom is 0.0681 e. The number of rotatable bonds is 1. The zero-order chi connectivity index (χ0) is 9.52. The summed E-state index contributed by atoms with van der Waals surface area (Å²) in [4.78, 5) is 0. The maximum absolute atomic E-state index is 9.84. The summed E-state index contributed by atoms with van der Waals surface area (Å²) in [5.74, 6) is 0.0648. The van der Waals surface area contributed by atoms with E-state index in [1.165, 1.54) is 0 Å². The molecule has 70 valence electrons. The highest BCUT2D eigenvalue weighted by molar-refractivity contribution is 5.10. The van der Waals surface area contributed by atoms with Gasteiger partial charge < -0.3 is 10.2 Å². The van der Waals surface area contributed by atoms with E-state index in [1.807, 2.05) is 20.8 Å². The molecule has 1 fully saturated rings. The Morgan fingerprint density at radius 1 is 1.42 bits per heavy atom. The third-order valence-electron chi connectivity index (χ3n) is 3.11. The molecule has 2 heteroatoms. The van der Waals surface area contributed by atoms with Crippen LogP contribution in [0.4, 0.5) is 0 Å². The standard InChI is InChI=1S/C10H18O2/c1-6(2)7-5-8(11)10(3,4)9(7)12/h7-9,11-12H,1,5H2,2-4H3/t7-,8-,9+/m0/s1. The third kappa shape index (κ3) is 1.29. The Kier molecular flexibility index (Phi) is 2.32. The van der Waals surface area contributed by atoms with E-state index in [9.17, 15) is 10.2 Å². The monoisotopic (exact) mass is 170 g/mol. The van der Waals surface area contributed by atoms with Crippen LogP contribution in [-0.2, 0) is 0 Å². The number of aliphatic hydroxyl groups is 2. The SMILES string of the molecule is C=C(C)[C@@H]1C[C@H](O)C(C)(C)[C@@H]1O. The van der Waals surface area contributed by atoms with Gasteiger partial charge in [0.1, 0.15) is 0 Å². The molecule has 0 aromatic heterocycles. The highest BCUT2D eigenvalue weighted by atomic mass is 16.3. The van der Waals surface area contributed by atoms with Gasteiger partial charge in [0.25, 0.3) is 0 Å². The number of aliphatic hydroxyl groups excluding tert-OH is 2. The molecule has 12 heavy (non-hydrogen) atoms. The third-order valence-corrected chi connectivity index (χ3v) is 3.11. The zero-order valence-electron chi connectivity index (χ0n) is 8.04. The van der Waals surface area contributed by atoms with Gasteiger partial charge in [-0.15, -0.1) is 0 Å². The Labute approximate surface area is 73.9 Å². The van der Waals surface area contributed by atoms with Crippen molar-refractivity contribution in [2.45, 2.75) is 39.4 Å². The number of hydrogen-bond donors (Lipinski definition) is 2. The van der Waals surface area contributed by atoms with Crippen molar-refractivity contribution in [1.82, 2.24) is 0 Å². The Morgan fingerprint density at radius 3 is 2.08 bits per heavy atom. The van der Waals surface area contributed by atoms with Crippen molar-refractivity contribution < 1.29 is 10.2 Å². The average molecular weight is 170 g/mol. The van der Waals surface area contributed by atoms with Crippen molar-refractivity contribution in [3.05, 3.63) is 12.2 Å². The van der Waals surface area contributed by atoms with Gasteiger partial charge in [-0.25, -0.2) is 0 Å². The van der Waals surface area contributed by atoms with Crippen LogP contribution in [0, 0.1) is 11.3 Å². The van der Waals surface area contributed by atoms with Gasteiger partial charge in [-0.3, -0.25) is 0 Å². The molecule has 1 rings (SSSR count). The van der Waals surface area contributed by atoms with Crippen molar-refractivity contribution in [1.29, 1.82) is 0 Å². The van der Waals surface area contributed by atoms with Gasteiger partial charge in [-0.05, 0) is 13.3 Å². The lowest BCUT2D eigenvalue weighted by Crippen LogP contribution is -2.34. The van der Waals surface area contributed by atoms with Gasteiger partial charge >= 0.3 is 0 Å². The molecule has 1 saturated carbocycles. The summed E-state index contributed by atoms with van der Waals surface area (Å²) in [7, 11) is 0. The molecule has 0 unspecified atom stereocenters. The van der Waals surface area contributed by atoms with E-state index in [-0.39, 0.29) is 11.3 Å². The second-order valence-corrected chi connectivity index (χ2v) is 4.47. The fourth-order valence-electron chi connectivity index (χ4n) is 1.86. The molecular formula is C10H18O2. The molecule has 0 aromatic rings. The van der Waals surface area contributed by atoms with Crippen LogP contribution >= 0.6 is 0 Å². The van der Waals surface area contributed by atoms with Gasteiger partial charge in [0, 0.05) is 11.3 Å². The van der Waals surface area contributed by atoms with E-state index in [0.29, 0.717) is 6.42 Å². The van der Waals surface area contributed by atoms with Crippen LogP contribution < -0.4 is 0 Å². The molecular weight excluding hydrogens is 152 g/mol. The summed E-state index contributed by atoms with van der Waals surface area (Å²) >= 11 is 0. The molecule has 1 aliphatic rings. The molecule has 0 aromatic carbocycles. The first kappa shape index (κ1) is 9.75. The van der Waals surface area contributed by atoms with Crippen molar-refractivity contribution in [3.63, 3.8) is 0 Å². The molecule has 0 spiro atoms. The van der Waals surface area contributed by atoms with Crippen LogP contribution in [0.5, 0.6) is 0 Å². The molecule has 0 amide bonds. The first-order chi connectivity index (χ1) is 5.37. The summed E-state index contributed by atoms with van der Waals surface area (Å²) in [5.41, 5.74) is 0.580. The summed E-state index contributed by atoms with van der Waals surface area (Å²) in [6.07, 6.45) is -0.219. The van der Waals surface area contributed by atoms with Gasteiger partial charge in [0.15, 0.2) is 0 Å². The predicted octanol–water partition coefficient (Wildman–Crippen LogP) is 1.33. The molecule has 0 saturated heterocycles. The summed E-state index contributed by atoms with van der Waals surface area (Å²) in [6, 6.07) is 0. The van der Waals surface area contributed by atoms with Crippen molar-refractivity contribution in [2.75, 3.05) is 0 Å². The fraction of sp³-hybridized carbons (Fsp3) is 0.800. The lowest BCUT2D eigenvalue weighted by Gasteiger charge is -2.27. The van der Waals surface area contributed by atoms with E-state index >= 15 is 0 Å². The second kappa shape index (κ2) is 2.86. The maximum atomic E-state index is 9.84. The van der Waals surface area contributed by atoms with Crippen molar-refractivity contribution >= 4 is 0 Å². The van der Waals surface area contributed by atoms with Crippen LogP contribution in [0.25, 0.3) is 0 Å². The van der Waals surface area contributed by atoms with Gasteiger partial charge in [0.2, 0.25) is 0 Å². The molecule has 0 aliphatic heterocycles. The van der Waals surface area contributed by atoms with Crippen molar-refractivity contribution in [2.24, 2.45) is 11.3 Å². The largest absolute Gasteiger partial charge is 0.392 e. The van der Waals surface area contributed by atoms with Crippen LogP contribution in [0.2, 0.25) is 0 Å². The molecule has 2 N–H and O–H groups in total. The second-order valence-electron chi connectivity index (χ2n) is 4.47. The smallest absolute Gasteiger partial charge is 0.0681 e. The van der Waals surface area contributed by atoms with E-state index in [0.717, 1.165) is 5.57 Å². The number of hydrogen-bond acceptors (Lipinski definition) is 2.